The summed E-state index contributed by atoms with van der Waals surface area (Å²) in [5.41, 5.74) is 5.13. The third-order valence-corrected chi connectivity index (χ3v) is 4.11. The van der Waals surface area contributed by atoms with E-state index in [0.29, 0.717) is 16.6 Å². The standard InChI is InChI=1S/C17H20BrN3O3S/c1-3-11(2)19-17(25)21-20-16(22)15-9-8-14(24-15)10-23-13-6-4-12(18)5-7-13/h4-9,11H,3,10H2,1-2H3,(H,20,22)(H2,19,21,25)/t11-/m1/s1. The van der Waals surface area contributed by atoms with Gasteiger partial charge in [0.05, 0.1) is 0 Å². The zero-order valence-corrected chi connectivity index (χ0v) is 16.4. The second-order valence-electron chi connectivity index (χ2n) is 5.37. The van der Waals surface area contributed by atoms with Gasteiger partial charge in [0, 0.05) is 10.5 Å². The summed E-state index contributed by atoms with van der Waals surface area (Å²) in [6, 6.07) is 11.0. The maximum absolute atomic E-state index is 12.0. The van der Waals surface area contributed by atoms with Gasteiger partial charge >= 0.3 is 5.91 Å². The van der Waals surface area contributed by atoms with Crippen molar-refractivity contribution in [1.82, 2.24) is 16.2 Å². The predicted octanol–water partition coefficient (Wildman–Crippen LogP) is 3.53. The maximum Gasteiger partial charge on any atom is 0.305 e. The van der Waals surface area contributed by atoms with E-state index in [2.05, 4.69) is 32.1 Å². The Labute approximate surface area is 160 Å². The van der Waals surface area contributed by atoms with Crippen molar-refractivity contribution in [2.75, 3.05) is 0 Å². The molecule has 1 amide bonds. The fourth-order valence-corrected chi connectivity index (χ4v) is 2.32. The molecular weight excluding hydrogens is 406 g/mol. The van der Waals surface area contributed by atoms with Crippen LogP contribution in [0.3, 0.4) is 0 Å². The quantitative estimate of drug-likeness (QED) is 0.485. The van der Waals surface area contributed by atoms with Gasteiger partial charge in [-0.15, -0.1) is 0 Å². The van der Waals surface area contributed by atoms with E-state index < -0.39 is 5.91 Å². The van der Waals surface area contributed by atoms with Gasteiger partial charge in [0.25, 0.3) is 0 Å². The van der Waals surface area contributed by atoms with E-state index in [0.717, 1.165) is 10.9 Å². The normalized spacial score (nSPS) is 11.5. The Kier molecular flexibility index (Phi) is 7.27. The summed E-state index contributed by atoms with van der Waals surface area (Å²) < 4.78 is 12.1. The number of thiocarbonyl (C=S) groups is 1. The van der Waals surface area contributed by atoms with E-state index in [1.54, 1.807) is 12.1 Å². The molecule has 6 nitrogen and oxygen atoms in total. The Balaban J connectivity index is 1.80. The third-order valence-electron chi connectivity index (χ3n) is 3.36. The Bertz CT molecular complexity index is 718. The van der Waals surface area contributed by atoms with Gasteiger partial charge in [-0.05, 0) is 62.0 Å². The number of furan rings is 1. The number of rotatable bonds is 6. The zero-order chi connectivity index (χ0) is 18.2. The van der Waals surface area contributed by atoms with Crippen LogP contribution in [-0.2, 0) is 6.61 Å². The Hall–Kier alpha value is -2.06. The maximum atomic E-state index is 12.0. The molecule has 0 fully saturated rings. The molecule has 0 aliphatic rings. The van der Waals surface area contributed by atoms with Crippen LogP contribution in [0, 0.1) is 0 Å². The number of hydrazine groups is 1. The molecule has 3 N–H and O–H groups in total. The minimum Gasteiger partial charge on any atom is -0.486 e. The van der Waals surface area contributed by atoms with Crippen LogP contribution >= 0.6 is 28.1 Å². The average molecular weight is 426 g/mol. The van der Waals surface area contributed by atoms with E-state index in [1.807, 2.05) is 38.1 Å². The van der Waals surface area contributed by atoms with Crippen LogP contribution < -0.4 is 20.9 Å². The molecule has 1 aromatic heterocycles. The van der Waals surface area contributed by atoms with Gasteiger partial charge in [-0.2, -0.15) is 0 Å². The van der Waals surface area contributed by atoms with Crippen LogP contribution in [0.15, 0.2) is 45.3 Å². The minimum atomic E-state index is -0.414. The van der Waals surface area contributed by atoms with E-state index in [1.165, 1.54) is 0 Å². The van der Waals surface area contributed by atoms with E-state index in [4.69, 9.17) is 21.4 Å². The number of ether oxygens (including phenoxy) is 1. The molecule has 0 unspecified atom stereocenters. The number of amides is 1. The number of carbonyl (C=O) groups is 1. The first-order chi connectivity index (χ1) is 12.0. The number of hydrogen-bond donors (Lipinski definition) is 3. The van der Waals surface area contributed by atoms with Crippen molar-refractivity contribution in [2.45, 2.75) is 32.9 Å². The first-order valence-electron chi connectivity index (χ1n) is 7.82. The lowest BCUT2D eigenvalue weighted by molar-refractivity contribution is 0.0911. The number of benzene rings is 1. The lowest BCUT2D eigenvalue weighted by Crippen LogP contribution is -2.48. The lowest BCUT2D eigenvalue weighted by Gasteiger charge is -2.15. The minimum absolute atomic E-state index is 0.174. The molecule has 1 aromatic carbocycles. The fraction of sp³-hybridized carbons (Fsp3) is 0.294. The highest BCUT2D eigenvalue weighted by Crippen LogP contribution is 2.18. The van der Waals surface area contributed by atoms with Crippen LogP contribution in [0.4, 0.5) is 0 Å². The Morgan fingerprint density at radius 2 is 1.96 bits per heavy atom. The summed E-state index contributed by atoms with van der Waals surface area (Å²) in [6.07, 6.45) is 0.926. The molecule has 0 aliphatic carbocycles. The van der Waals surface area contributed by atoms with Crippen LogP contribution in [0.1, 0.15) is 36.6 Å². The van der Waals surface area contributed by atoms with Crippen molar-refractivity contribution in [3.63, 3.8) is 0 Å². The van der Waals surface area contributed by atoms with Crippen molar-refractivity contribution in [3.8, 4) is 5.75 Å². The topological polar surface area (TPSA) is 75.5 Å². The van der Waals surface area contributed by atoms with Crippen molar-refractivity contribution < 1.29 is 13.9 Å². The monoisotopic (exact) mass is 425 g/mol. The van der Waals surface area contributed by atoms with Crippen molar-refractivity contribution in [2.24, 2.45) is 0 Å². The highest BCUT2D eigenvalue weighted by Gasteiger charge is 2.12. The summed E-state index contributed by atoms with van der Waals surface area (Å²) in [5, 5.41) is 3.39. The van der Waals surface area contributed by atoms with E-state index >= 15 is 0 Å². The molecule has 134 valence electrons. The Morgan fingerprint density at radius 3 is 2.64 bits per heavy atom. The van der Waals surface area contributed by atoms with Gasteiger partial charge in [0.1, 0.15) is 18.1 Å². The number of nitrogens with one attached hydrogen (secondary N) is 3. The van der Waals surface area contributed by atoms with Gasteiger partial charge < -0.3 is 14.5 Å². The molecule has 1 atom stereocenters. The fourth-order valence-electron chi connectivity index (χ4n) is 1.80. The first-order valence-corrected chi connectivity index (χ1v) is 9.02. The molecule has 0 spiro atoms. The number of halogens is 1. The average Bonchev–Trinajstić information content (AvgIpc) is 3.08. The molecule has 2 rings (SSSR count). The molecule has 8 heteroatoms. The van der Waals surface area contributed by atoms with Crippen LogP contribution in [0.25, 0.3) is 0 Å². The molecule has 0 bridgehead atoms. The molecule has 0 radical (unpaired) electrons. The van der Waals surface area contributed by atoms with Crippen molar-refractivity contribution in [3.05, 3.63) is 52.4 Å². The second kappa shape index (κ2) is 9.43. The SMILES string of the molecule is CC[C@@H](C)NC(=S)NNC(=O)c1ccc(COc2ccc(Br)cc2)o1. The highest BCUT2D eigenvalue weighted by molar-refractivity contribution is 9.10. The van der Waals surface area contributed by atoms with Gasteiger partial charge in [0.2, 0.25) is 0 Å². The molecule has 0 saturated heterocycles. The van der Waals surface area contributed by atoms with Gasteiger partial charge in [0.15, 0.2) is 10.9 Å². The smallest absolute Gasteiger partial charge is 0.305 e. The van der Waals surface area contributed by atoms with Crippen LogP contribution in [0.2, 0.25) is 0 Å². The predicted molar refractivity (Wildman–Crippen MR) is 103 cm³/mol. The number of hydrogen-bond acceptors (Lipinski definition) is 4. The molecule has 1 heterocycles. The van der Waals surface area contributed by atoms with Crippen LogP contribution in [0.5, 0.6) is 5.75 Å². The van der Waals surface area contributed by atoms with Crippen molar-refractivity contribution >= 4 is 39.2 Å². The van der Waals surface area contributed by atoms with Gasteiger partial charge in [-0.1, -0.05) is 22.9 Å². The lowest BCUT2D eigenvalue weighted by atomic mass is 10.3. The largest absolute Gasteiger partial charge is 0.486 e. The van der Waals surface area contributed by atoms with E-state index in [9.17, 15) is 4.79 Å². The molecular formula is C17H20BrN3O3S. The summed E-state index contributed by atoms with van der Waals surface area (Å²) in [6.45, 7) is 4.27. The molecule has 0 saturated carbocycles. The summed E-state index contributed by atoms with van der Waals surface area (Å²) >= 11 is 8.45. The summed E-state index contributed by atoms with van der Waals surface area (Å²) in [7, 11) is 0. The second-order valence-corrected chi connectivity index (χ2v) is 6.69. The third kappa shape index (κ3) is 6.39. The Morgan fingerprint density at radius 1 is 1.24 bits per heavy atom. The molecule has 0 aliphatic heterocycles. The van der Waals surface area contributed by atoms with Crippen LogP contribution in [-0.4, -0.2) is 17.1 Å². The van der Waals surface area contributed by atoms with Gasteiger partial charge in [-0.25, -0.2) is 0 Å². The zero-order valence-electron chi connectivity index (χ0n) is 14.0. The molecule has 25 heavy (non-hydrogen) atoms. The summed E-state index contributed by atoms with van der Waals surface area (Å²) in [5.74, 6) is 1.03. The highest BCUT2D eigenvalue weighted by atomic mass is 79.9. The number of carbonyl (C=O) groups excluding carboxylic acids is 1. The van der Waals surface area contributed by atoms with E-state index in [-0.39, 0.29) is 18.4 Å². The molecule has 2 aromatic rings. The van der Waals surface area contributed by atoms with Crippen molar-refractivity contribution in [1.29, 1.82) is 0 Å². The first kappa shape index (κ1) is 19.3. The summed E-state index contributed by atoms with van der Waals surface area (Å²) in [4.78, 5) is 12.0. The van der Waals surface area contributed by atoms with Gasteiger partial charge in [-0.3, -0.25) is 15.6 Å².